The molecule has 0 aromatic carbocycles. The molecule has 0 heterocycles. The van der Waals surface area contributed by atoms with Gasteiger partial charge in [-0.25, -0.2) is 0 Å². The second kappa shape index (κ2) is 15.8. The molecular formula is C18H37N. The average molecular weight is 268 g/mol. The number of allylic oxidation sites excluding steroid dienone is 2. The van der Waals surface area contributed by atoms with Crippen LogP contribution in [-0.4, -0.2) is 24.5 Å². The van der Waals surface area contributed by atoms with Gasteiger partial charge in [0.05, 0.1) is 0 Å². The summed E-state index contributed by atoms with van der Waals surface area (Å²) in [5.74, 6) is 0. The van der Waals surface area contributed by atoms with Crippen LogP contribution in [0.25, 0.3) is 0 Å². The van der Waals surface area contributed by atoms with Crippen molar-refractivity contribution in [1.82, 2.24) is 4.90 Å². The van der Waals surface area contributed by atoms with E-state index >= 15 is 0 Å². The first-order valence-electron chi connectivity index (χ1n) is 8.68. The Morgan fingerprint density at radius 2 is 1.21 bits per heavy atom. The van der Waals surface area contributed by atoms with E-state index in [2.05, 4.69) is 37.8 Å². The molecule has 1 nitrogen and oxygen atoms in total. The molecule has 0 unspecified atom stereocenters. The minimum absolute atomic E-state index is 1.28. The molecule has 0 aliphatic heterocycles. The van der Waals surface area contributed by atoms with Crippen molar-refractivity contribution in [1.29, 1.82) is 0 Å². The van der Waals surface area contributed by atoms with Gasteiger partial charge in [-0.3, -0.25) is 0 Å². The van der Waals surface area contributed by atoms with E-state index in [1.807, 2.05) is 0 Å². The summed E-state index contributed by atoms with van der Waals surface area (Å²) in [5.41, 5.74) is 0. The fourth-order valence-electron chi connectivity index (χ4n) is 2.62. The Hall–Kier alpha value is -0.300. The molecule has 0 spiro atoms. The van der Waals surface area contributed by atoms with Crippen molar-refractivity contribution in [2.45, 2.75) is 85.0 Å². The normalized spacial score (nSPS) is 11.8. The van der Waals surface area contributed by atoms with E-state index in [-0.39, 0.29) is 0 Å². The molecule has 0 N–H and O–H groups in total. The molecule has 0 radical (unpaired) electrons. The molecule has 0 aliphatic rings. The summed E-state index contributed by atoms with van der Waals surface area (Å²) < 4.78 is 0. The van der Waals surface area contributed by atoms with Crippen LogP contribution in [0.5, 0.6) is 0 Å². The molecule has 0 rings (SSSR count). The first-order chi connectivity index (χ1) is 9.35. The maximum Gasteiger partial charge on any atom is -0.00187 e. The summed E-state index contributed by atoms with van der Waals surface area (Å²) in [5, 5.41) is 0. The van der Waals surface area contributed by atoms with E-state index in [0.29, 0.717) is 0 Å². The minimum atomic E-state index is 1.28. The predicted molar refractivity (Wildman–Crippen MR) is 88.8 cm³/mol. The lowest BCUT2D eigenvalue weighted by Crippen LogP contribution is -2.26. The van der Waals surface area contributed by atoms with Crippen LogP contribution in [0.3, 0.4) is 0 Å². The van der Waals surface area contributed by atoms with Crippen molar-refractivity contribution >= 4 is 0 Å². The van der Waals surface area contributed by atoms with E-state index < -0.39 is 0 Å². The summed E-state index contributed by atoms with van der Waals surface area (Å²) in [4.78, 5) is 2.64. The van der Waals surface area contributed by atoms with Crippen molar-refractivity contribution in [3.63, 3.8) is 0 Å². The summed E-state index contributed by atoms with van der Waals surface area (Å²) in [6, 6.07) is 0. The van der Waals surface area contributed by atoms with Gasteiger partial charge in [0, 0.05) is 0 Å². The number of rotatable bonds is 14. The lowest BCUT2D eigenvalue weighted by atomic mass is 10.1. The topological polar surface area (TPSA) is 3.24 Å². The van der Waals surface area contributed by atoms with E-state index in [0.717, 1.165) is 0 Å². The van der Waals surface area contributed by atoms with Crippen molar-refractivity contribution < 1.29 is 0 Å². The fourth-order valence-corrected chi connectivity index (χ4v) is 2.62. The molecule has 114 valence electrons. The highest BCUT2D eigenvalue weighted by atomic mass is 15.1. The Bertz CT molecular complexity index is 180. The molecule has 0 atom stereocenters. The third kappa shape index (κ3) is 13.9. The quantitative estimate of drug-likeness (QED) is 0.284. The van der Waals surface area contributed by atoms with Gasteiger partial charge in [0.15, 0.2) is 0 Å². The van der Waals surface area contributed by atoms with Gasteiger partial charge in [0.25, 0.3) is 0 Å². The van der Waals surface area contributed by atoms with Crippen molar-refractivity contribution in [3.8, 4) is 0 Å². The molecular weight excluding hydrogens is 230 g/mol. The van der Waals surface area contributed by atoms with Crippen molar-refractivity contribution in [2.75, 3.05) is 19.6 Å². The maximum atomic E-state index is 2.64. The van der Waals surface area contributed by atoms with E-state index in [4.69, 9.17) is 0 Å². The van der Waals surface area contributed by atoms with Gasteiger partial charge < -0.3 is 4.90 Å². The lowest BCUT2D eigenvalue weighted by Gasteiger charge is -2.20. The number of nitrogens with zero attached hydrogens (tertiary/aromatic N) is 1. The zero-order valence-corrected chi connectivity index (χ0v) is 13.8. The summed E-state index contributed by atoms with van der Waals surface area (Å²) in [6.45, 7) is 10.6. The average Bonchev–Trinajstić information content (AvgIpc) is 2.41. The van der Waals surface area contributed by atoms with Gasteiger partial charge >= 0.3 is 0 Å². The third-order valence-corrected chi connectivity index (χ3v) is 3.66. The molecule has 0 fully saturated rings. The highest BCUT2D eigenvalue weighted by Gasteiger charge is 2.01. The lowest BCUT2D eigenvalue weighted by molar-refractivity contribution is 0.267. The minimum Gasteiger partial charge on any atom is -0.303 e. The van der Waals surface area contributed by atoms with Crippen LogP contribution in [-0.2, 0) is 0 Å². The first kappa shape index (κ1) is 18.7. The Morgan fingerprint density at radius 1 is 0.684 bits per heavy atom. The van der Waals surface area contributed by atoms with Gasteiger partial charge in [-0.1, -0.05) is 58.1 Å². The summed E-state index contributed by atoms with van der Waals surface area (Å²) >= 11 is 0. The van der Waals surface area contributed by atoms with Crippen LogP contribution in [0.2, 0.25) is 0 Å². The Kier molecular flexibility index (Phi) is 15.5. The van der Waals surface area contributed by atoms with E-state index in [1.165, 1.54) is 83.8 Å². The summed E-state index contributed by atoms with van der Waals surface area (Å²) in [7, 11) is 0. The molecule has 0 saturated heterocycles. The molecule has 0 aromatic heterocycles. The predicted octanol–water partition coefficient (Wildman–Crippen LogP) is 5.81. The van der Waals surface area contributed by atoms with E-state index in [9.17, 15) is 0 Å². The molecule has 0 aliphatic carbocycles. The highest BCUT2D eigenvalue weighted by Crippen LogP contribution is 2.09. The zero-order chi connectivity index (χ0) is 14.2. The molecule has 0 amide bonds. The van der Waals surface area contributed by atoms with Gasteiger partial charge in [-0.15, -0.1) is 0 Å². The van der Waals surface area contributed by atoms with Gasteiger partial charge in [0.2, 0.25) is 0 Å². The SMILES string of the molecule is CC=CCCCCCCCCCN(CCC)CCC. The first-order valence-corrected chi connectivity index (χ1v) is 8.68. The van der Waals surface area contributed by atoms with Gasteiger partial charge in [-0.05, 0) is 58.7 Å². The van der Waals surface area contributed by atoms with Gasteiger partial charge in [-0.2, -0.15) is 0 Å². The van der Waals surface area contributed by atoms with E-state index in [1.54, 1.807) is 0 Å². The summed E-state index contributed by atoms with van der Waals surface area (Å²) in [6.07, 6.45) is 18.3. The van der Waals surface area contributed by atoms with Crippen molar-refractivity contribution in [2.24, 2.45) is 0 Å². The Balaban J connectivity index is 3.24. The van der Waals surface area contributed by atoms with Crippen LogP contribution >= 0.6 is 0 Å². The molecule has 0 bridgehead atoms. The third-order valence-electron chi connectivity index (χ3n) is 3.66. The highest BCUT2D eigenvalue weighted by molar-refractivity contribution is 4.76. The Morgan fingerprint density at radius 3 is 1.74 bits per heavy atom. The number of hydrogen-bond donors (Lipinski definition) is 0. The molecule has 1 heteroatoms. The zero-order valence-electron chi connectivity index (χ0n) is 13.8. The monoisotopic (exact) mass is 267 g/mol. The number of hydrogen-bond acceptors (Lipinski definition) is 1. The van der Waals surface area contributed by atoms with Crippen molar-refractivity contribution in [3.05, 3.63) is 12.2 Å². The van der Waals surface area contributed by atoms with Crippen LogP contribution in [0, 0.1) is 0 Å². The van der Waals surface area contributed by atoms with Gasteiger partial charge in [0.1, 0.15) is 0 Å². The van der Waals surface area contributed by atoms with Crippen LogP contribution in [0.1, 0.15) is 85.0 Å². The van der Waals surface area contributed by atoms with Crippen LogP contribution in [0.15, 0.2) is 12.2 Å². The number of unbranched alkanes of at least 4 members (excludes halogenated alkanes) is 7. The standard InChI is InChI=1S/C18H37N/c1-4-7-8-9-10-11-12-13-14-15-18-19(16-5-2)17-6-3/h4,7H,5-6,8-18H2,1-3H3. The second-order valence-electron chi connectivity index (χ2n) is 5.67. The van der Waals surface area contributed by atoms with Crippen LogP contribution in [0.4, 0.5) is 0 Å². The molecule has 19 heavy (non-hydrogen) atoms. The molecule has 0 aromatic rings. The Labute approximate surface area is 122 Å². The second-order valence-corrected chi connectivity index (χ2v) is 5.67. The largest absolute Gasteiger partial charge is 0.303 e. The van der Waals surface area contributed by atoms with Crippen LogP contribution < -0.4 is 0 Å². The fraction of sp³-hybridized carbons (Fsp3) is 0.889. The molecule has 0 saturated carbocycles. The maximum absolute atomic E-state index is 2.64. The smallest absolute Gasteiger partial charge is 0.00187 e.